The molecule has 1 amide bonds. The van der Waals surface area contributed by atoms with Gasteiger partial charge in [0.05, 0.1) is 0 Å². The van der Waals surface area contributed by atoms with E-state index >= 15 is 0 Å². The third kappa shape index (κ3) is 3.72. The lowest BCUT2D eigenvalue weighted by molar-refractivity contribution is 0.0973. The van der Waals surface area contributed by atoms with Gasteiger partial charge in [0.2, 0.25) is 5.89 Å². The van der Waals surface area contributed by atoms with Gasteiger partial charge >= 0.3 is 0 Å². The van der Waals surface area contributed by atoms with Gasteiger partial charge in [0.15, 0.2) is 5.58 Å². The predicted octanol–water partition coefficient (Wildman–Crippen LogP) is 4.46. The summed E-state index contributed by atoms with van der Waals surface area (Å²) in [5.41, 5.74) is 3.10. The van der Waals surface area contributed by atoms with Crippen LogP contribution in [-0.2, 0) is 0 Å². The van der Waals surface area contributed by atoms with Crippen LogP contribution in [0.2, 0.25) is 0 Å². The van der Waals surface area contributed by atoms with E-state index in [0.717, 1.165) is 5.56 Å². The van der Waals surface area contributed by atoms with Crippen molar-refractivity contribution in [2.75, 3.05) is 0 Å². The summed E-state index contributed by atoms with van der Waals surface area (Å²) >= 11 is 0. The summed E-state index contributed by atoms with van der Waals surface area (Å²) < 4.78 is 5.82. The van der Waals surface area contributed by atoms with Crippen LogP contribution in [0.25, 0.3) is 22.9 Å². The average molecular weight is 356 g/mol. The van der Waals surface area contributed by atoms with Crippen LogP contribution in [0, 0.1) is 0 Å². The first-order valence-electron chi connectivity index (χ1n) is 8.42. The minimum absolute atomic E-state index is 0.170. The van der Waals surface area contributed by atoms with Crippen molar-refractivity contribution in [3.05, 3.63) is 95.9 Å². The second-order valence-corrected chi connectivity index (χ2v) is 5.96. The molecular weight excluding hydrogens is 340 g/mol. The minimum Gasteiger partial charge on any atom is -0.508 e. The lowest BCUT2D eigenvalue weighted by atomic mass is 10.1. The lowest BCUT2D eigenvalue weighted by Crippen LogP contribution is -2.22. The molecular formula is C22H16N2O3. The third-order valence-electron chi connectivity index (χ3n) is 4.01. The molecule has 0 saturated carbocycles. The third-order valence-corrected chi connectivity index (χ3v) is 4.01. The summed E-state index contributed by atoms with van der Waals surface area (Å²) in [6.45, 7) is 0. The molecule has 1 aromatic heterocycles. The Bertz CT molecular complexity index is 1080. The summed E-state index contributed by atoms with van der Waals surface area (Å²) in [7, 11) is 0. The molecule has 132 valence electrons. The normalized spacial score (nSPS) is 11.5. The molecule has 0 atom stereocenters. The Hall–Kier alpha value is -3.86. The topological polar surface area (TPSA) is 75.4 Å². The highest BCUT2D eigenvalue weighted by Crippen LogP contribution is 2.22. The first kappa shape index (κ1) is 16.6. The Morgan fingerprint density at radius 3 is 2.37 bits per heavy atom. The van der Waals surface area contributed by atoms with E-state index in [1.165, 1.54) is 0 Å². The monoisotopic (exact) mass is 356 g/mol. The fourth-order valence-corrected chi connectivity index (χ4v) is 2.66. The summed E-state index contributed by atoms with van der Waals surface area (Å²) in [5.74, 6) is 0.223. The van der Waals surface area contributed by atoms with E-state index in [4.69, 9.17) is 4.42 Å². The van der Waals surface area contributed by atoms with Crippen LogP contribution in [0.1, 0.15) is 21.8 Å². The molecule has 2 N–H and O–H groups in total. The standard InChI is InChI=1S/C22H16N2O3/c25-17-12-10-15(11-13-17)14-19(23-21(26)16-6-2-1-3-7-16)22-24-18-8-4-5-9-20(18)27-22/h1-14,25H,(H,23,26)/b19-14+. The molecule has 4 aromatic rings. The highest BCUT2D eigenvalue weighted by atomic mass is 16.3. The highest BCUT2D eigenvalue weighted by molar-refractivity contribution is 6.01. The molecule has 0 saturated heterocycles. The summed E-state index contributed by atoms with van der Waals surface area (Å²) in [4.78, 5) is 17.1. The molecule has 0 aliphatic rings. The second kappa shape index (κ2) is 7.17. The highest BCUT2D eigenvalue weighted by Gasteiger charge is 2.15. The van der Waals surface area contributed by atoms with E-state index in [1.54, 1.807) is 54.6 Å². The fraction of sp³-hybridized carbons (Fsp3) is 0. The molecule has 0 radical (unpaired) electrons. The van der Waals surface area contributed by atoms with Crippen molar-refractivity contribution in [2.24, 2.45) is 0 Å². The van der Waals surface area contributed by atoms with E-state index < -0.39 is 0 Å². The number of oxazole rings is 1. The van der Waals surface area contributed by atoms with E-state index in [2.05, 4.69) is 10.3 Å². The van der Waals surface area contributed by atoms with Gasteiger partial charge in [-0.05, 0) is 48.0 Å². The number of aromatic hydroxyl groups is 1. The molecule has 0 aliphatic heterocycles. The number of carbonyl (C=O) groups is 1. The number of benzene rings is 3. The van der Waals surface area contributed by atoms with Gasteiger partial charge < -0.3 is 14.8 Å². The van der Waals surface area contributed by atoms with Crippen molar-refractivity contribution in [2.45, 2.75) is 0 Å². The number of nitrogens with zero attached hydrogens (tertiary/aromatic N) is 1. The van der Waals surface area contributed by atoms with Crippen LogP contribution in [-0.4, -0.2) is 16.0 Å². The summed E-state index contributed by atoms with van der Waals surface area (Å²) in [5, 5.41) is 12.4. The van der Waals surface area contributed by atoms with Gasteiger partial charge in [-0.25, -0.2) is 4.98 Å². The number of nitrogens with one attached hydrogen (secondary N) is 1. The number of phenols is 1. The van der Waals surface area contributed by atoms with Gasteiger partial charge in [-0.2, -0.15) is 0 Å². The largest absolute Gasteiger partial charge is 0.508 e. The SMILES string of the molecule is O=C(N/C(=C/c1ccc(O)cc1)c1nc2ccccc2o1)c1ccccc1. The Morgan fingerprint density at radius 2 is 1.63 bits per heavy atom. The first-order chi connectivity index (χ1) is 13.2. The van der Waals surface area contributed by atoms with Gasteiger partial charge in [-0.3, -0.25) is 4.79 Å². The average Bonchev–Trinajstić information content (AvgIpc) is 3.14. The van der Waals surface area contributed by atoms with Gasteiger partial charge in [-0.1, -0.05) is 42.5 Å². The first-order valence-corrected chi connectivity index (χ1v) is 8.42. The molecule has 3 aromatic carbocycles. The zero-order chi connectivity index (χ0) is 18.6. The number of fused-ring (bicyclic) bond motifs is 1. The van der Waals surface area contributed by atoms with E-state index in [-0.39, 0.29) is 11.7 Å². The van der Waals surface area contributed by atoms with Crippen molar-refractivity contribution in [1.29, 1.82) is 0 Å². The van der Waals surface area contributed by atoms with Crippen LogP contribution < -0.4 is 5.32 Å². The van der Waals surface area contributed by atoms with Crippen LogP contribution in [0.15, 0.2) is 83.3 Å². The number of amides is 1. The van der Waals surface area contributed by atoms with Crippen molar-refractivity contribution in [3.63, 3.8) is 0 Å². The van der Waals surface area contributed by atoms with E-state index in [9.17, 15) is 9.90 Å². The number of carbonyl (C=O) groups excluding carboxylic acids is 1. The molecule has 0 spiro atoms. The smallest absolute Gasteiger partial charge is 0.255 e. The fourth-order valence-electron chi connectivity index (χ4n) is 2.66. The van der Waals surface area contributed by atoms with E-state index in [1.807, 2.05) is 30.3 Å². The van der Waals surface area contributed by atoms with Crippen LogP contribution in [0.4, 0.5) is 0 Å². The van der Waals surface area contributed by atoms with Gasteiger partial charge in [0.1, 0.15) is 17.0 Å². The number of hydrogen-bond donors (Lipinski definition) is 2. The number of rotatable bonds is 4. The van der Waals surface area contributed by atoms with Crippen molar-refractivity contribution in [3.8, 4) is 5.75 Å². The molecule has 5 nitrogen and oxygen atoms in total. The minimum atomic E-state index is -0.261. The molecule has 5 heteroatoms. The van der Waals surface area contributed by atoms with Gasteiger partial charge in [0.25, 0.3) is 5.91 Å². The summed E-state index contributed by atoms with van der Waals surface area (Å²) in [6, 6.07) is 23.0. The molecule has 0 aliphatic carbocycles. The Kier molecular flexibility index (Phi) is 4.41. The van der Waals surface area contributed by atoms with Gasteiger partial charge in [-0.15, -0.1) is 0 Å². The molecule has 0 bridgehead atoms. The van der Waals surface area contributed by atoms with Crippen LogP contribution in [0.3, 0.4) is 0 Å². The zero-order valence-electron chi connectivity index (χ0n) is 14.3. The zero-order valence-corrected chi connectivity index (χ0v) is 14.3. The number of para-hydroxylation sites is 2. The van der Waals surface area contributed by atoms with Crippen molar-refractivity contribution < 1.29 is 14.3 Å². The quantitative estimate of drug-likeness (QED) is 0.566. The van der Waals surface area contributed by atoms with Crippen molar-refractivity contribution in [1.82, 2.24) is 10.3 Å². The second-order valence-electron chi connectivity index (χ2n) is 5.96. The maximum absolute atomic E-state index is 12.6. The van der Waals surface area contributed by atoms with E-state index in [0.29, 0.717) is 28.3 Å². The molecule has 0 unspecified atom stereocenters. The number of phenolic OH excluding ortho intramolecular Hbond substituents is 1. The number of hydrogen-bond acceptors (Lipinski definition) is 4. The van der Waals surface area contributed by atoms with Crippen molar-refractivity contribution >= 4 is 28.8 Å². The Morgan fingerprint density at radius 1 is 0.926 bits per heavy atom. The van der Waals surface area contributed by atoms with Crippen LogP contribution >= 0.6 is 0 Å². The molecule has 4 rings (SSSR count). The maximum atomic E-state index is 12.6. The molecule has 0 fully saturated rings. The number of aromatic nitrogens is 1. The molecule has 27 heavy (non-hydrogen) atoms. The Labute approximate surface area is 155 Å². The molecule has 1 heterocycles. The summed E-state index contributed by atoms with van der Waals surface area (Å²) in [6.07, 6.45) is 1.75. The maximum Gasteiger partial charge on any atom is 0.255 e. The lowest BCUT2D eigenvalue weighted by Gasteiger charge is -2.07. The predicted molar refractivity (Wildman–Crippen MR) is 104 cm³/mol. The van der Waals surface area contributed by atoms with Gasteiger partial charge in [0, 0.05) is 5.56 Å². The van der Waals surface area contributed by atoms with Crippen LogP contribution in [0.5, 0.6) is 5.75 Å². The Balaban J connectivity index is 1.74.